The Bertz CT molecular complexity index is 818. The van der Waals surface area contributed by atoms with Crippen LogP contribution in [0.5, 0.6) is 0 Å². The molecule has 0 spiro atoms. The van der Waals surface area contributed by atoms with E-state index in [4.69, 9.17) is 0 Å². The average molecular weight is 295 g/mol. The highest BCUT2D eigenvalue weighted by molar-refractivity contribution is 7.20. The number of fused-ring (bicyclic) bond motifs is 1. The third-order valence-electron chi connectivity index (χ3n) is 2.87. The molecule has 0 saturated carbocycles. The lowest BCUT2D eigenvalue weighted by molar-refractivity contribution is -0.141. The van der Waals surface area contributed by atoms with Crippen LogP contribution in [0.25, 0.3) is 15.3 Å². The first-order valence-corrected chi connectivity index (χ1v) is 6.57. The number of nitrogens with zero attached hydrogens (tertiary/aromatic N) is 1. The Morgan fingerprint density at radius 2 is 1.65 bits per heavy atom. The smallest absolute Gasteiger partial charge is 0.269 e. The summed E-state index contributed by atoms with van der Waals surface area (Å²) in [6.45, 7) is 0. The fourth-order valence-corrected chi connectivity index (χ4v) is 3.25. The lowest BCUT2D eigenvalue weighted by Crippen LogP contribution is -2.19. The summed E-state index contributed by atoms with van der Waals surface area (Å²) in [6, 6.07) is 12.4. The molecule has 0 aliphatic rings. The van der Waals surface area contributed by atoms with Gasteiger partial charge in [-0.05, 0) is 11.6 Å². The van der Waals surface area contributed by atoms with E-state index in [1.807, 2.05) is 0 Å². The van der Waals surface area contributed by atoms with E-state index >= 15 is 0 Å². The first kappa shape index (κ1) is 12.9. The van der Waals surface area contributed by atoms with Gasteiger partial charge in [-0.15, -0.1) is 11.3 Å². The van der Waals surface area contributed by atoms with E-state index in [-0.39, 0.29) is 9.71 Å². The summed E-state index contributed by atoms with van der Waals surface area (Å²) < 4.78 is 40.7. The number of benzene rings is 1. The van der Waals surface area contributed by atoms with E-state index in [0.29, 0.717) is 5.56 Å². The Hall–Kier alpha value is -2.08. The molecule has 6 heteroatoms. The van der Waals surface area contributed by atoms with Crippen LogP contribution in [0.3, 0.4) is 0 Å². The minimum Gasteiger partial charge on any atom is -0.269 e. The number of hydrogen-bond donors (Lipinski definition) is 0. The second-order valence-corrected chi connectivity index (χ2v) is 5.21. The number of thiazole rings is 1. The van der Waals surface area contributed by atoms with Crippen molar-refractivity contribution in [3.05, 3.63) is 64.6 Å². The summed E-state index contributed by atoms with van der Waals surface area (Å²) in [4.78, 5) is 12.1. The molecule has 0 atom stereocenters. The first-order chi connectivity index (χ1) is 9.48. The minimum absolute atomic E-state index is 0.0569. The Morgan fingerprint density at radius 3 is 2.30 bits per heavy atom. The van der Waals surface area contributed by atoms with Gasteiger partial charge in [-0.3, -0.25) is 9.20 Å². The van der Waals surface area contributed by atoms with E-state index in [2.05, 4.69) is 0 Å². The van der Waals surface area contributed by atoms with Crippen molar-refractivity contribution in [1.82, 2.24) is 4.40 Å². The molecule has 0 N–H and O–H groups in total. The molecule has 0 aliphatic heterocycles. The summed E-state index contributed by atoms with van der Waals surface area (Å²) in [5.41, 5.74) is -1.13. The van der Waals surface area contributed by atoms with Gasteiger partial charge in [0.05, 0.1) is 4.88 Å². The zero-order chi connectivity index (χ0) is 14.3. The molecular weight excluding hydrogens is 287 g/mol. The predicted octanol–water partition coefficient (Wildman–Crippen LogP) is 4.05. The molecule has 0 fully saturated rings. The molecule has 0 amide bonds. The Kier molecular flexibility index (Phi) is 2.90. The molecule has 2 nitrogen and oxygen atoms in total. The van der Waals surface area contributed by atoms with Gasteiger partial charge in [-0.1, -0.05) is 36.4 Å². The van der Waals surface area contributed by atoms with Gasteiger partial charge in [0.25, 0.3) is 5.56 Å². The third-order valence-corrected chi connectivity index (χ3v) is 4.03. The molecule has 0 aliphatic carbocycles. The quantitative estimate of drug-likeness (QED) is 0.663. The maximum atomic E-state index is 13.3. The fraction of sp³-hybridized carbons (Fsp3) is 0.0714. The van der Waals surface area contributed by atoms with Crippen LogP contribution in [0, 0.1) is 0 Å². The van der Waals surface area contributed by atoms with Crippen molar-refractivity contribution >= 4 is 16.2 Å². The van der Waals surface area contributed by atoms with Gasteiger partial charge >= 0.3 is 6.18 Å². The molecule has 3 aromatic rings. The van der Waals surface area contributed by atoms with Gasteiger partial charge in [-0.25, -0.2) is 0 Å². The Labute approximate surface area is 115 Å². The van der Waals surface area contributed by atoms with Crippen LogP contribution in [0.2, 0.25) is 0 Å². The lowest BCUT2D eigenvalue weighted by atomic mass is 10.1. The average Bonchev–Trinajstić information content (AvgIpc) is 2.80. The van der Waals surface area contributed by atoms with Gasteiger partial charge in [0.2, 0.25) is 0 Å². The Morgan fingerprint density at radius 1 is 0.950 bits per heavy atom. The number of halogens is 3. The highest BCUT2D eigenvalue weighted by atomic mass is 32.1. The molecule has 2 aromatic heterocycles. The zero-order valence-electron chi connectivity index (χ0n) is 10.0. The van der Waals surface area contributed by atoms with Crippen LogP contribution < -0.4 is 5.56 Å². The highest BCUT2D eigenvalue weighted by Gasteiger charge is 2.38. The number of rotatable bonds is 1. The van der Waals surface area contributed by atoms with E-state index in [0.717, 1.165) is 21.8 Å². The molecule has 1 aromatic carbocycles. The summed E-state index contributed by atoms with van der Waals surface area (Å²) in [5, 5.41) is 0. The molecule has 2 heterocycles. The van der Waals surface area contributed by atoms with Gasteiger partial charge in [0, 0.05) is 6.07 Å². The number of pyridine rings is 1. The minimum atomic E-state index is -4.59. The van der Waals surface area contributed by atoms with E-state index in [1.54, 1.807) is 30.3 Å². The standard InChI is InChI=1S/C14H8F3NOS/c15-14(16,17)13-12(9-5-2-1-3-6-9)20-11-8-4-7-10(19)18(11)13/h1-8H. The molecule has 102 valence electrons. The molecule has 0 saturated heterocycles. The van der Waals surface area contributed by atoms with Gasteiger partial charge in [-0.2, -0.15) is 13.2 Å². The molecule has 20 heavy (non-hydrogen) atoms. The SMILES string of the molecule is O=c1cccc2sc(-c3ccccc3)c(C(F)(F)F)n12. The van der Waals surface area contributed by atoms with Gasteiger partial charge in [0.1, 0.15) is 10.5 Å². The topological polar surface area (TPSA) is 21.5 Å². The van der Waals surface area contributed by atoms with Crippen molar-refractivity contribution in [2.75, 3.05) is 0 Å². The van der Waals surface area contributed by atoms with E-state index < -0.39 is 17.4 Å². The fourth-order valence-electron chi connectivity index (χ4n) is 2.07. The van der Waals surface area contributed by atoms with Crippen LogP contribution >= 0.6 is 11.3 Å². The van der Waals surface area contributed by atoms with Crippen molar-refractivity contribution < 1.29 is 13.2 Å². The second kappa shape index (κ2) is 4.49. The monoisotopic (exact) mass is 295 g/mol. The largest absolute Gasteiger partial charge is 0.433 e. The van der Waals surface area contributed by atoms with Gasteiger partial charge < -0.3 is 0 Å². The van der Waals surface area contributed by atoms with Crippen molar-refractivity contribution in [2.45, 2.75) is 6.18 Å². The lowest BCUT2D eigenvalue weighted by Gasteiger charge is -2.09. The normalized spacial score (nSPS) is 11.9. The number of hydrogen-bond acceptors (Lipinski definition) is 2. The summed E-state index contributed by atoms with van der Waals surface area (Å²) in [7, 11) is 0. The van der Waals surface area contributed by atoms with Crippen molar-refractivity contribution in [2.24, 2.45) is 0 Å². The summed E-state index contributed by atoms with van der Waals surface area (Å²) >= 11 is 0.961. The van der Waals surface area contributed by atoms with Crippen molar-refractivity contribution in [3.63, 3.8) is 0 Å². The summed E-state index contributed by atoms with van der Waals surface area (Å²) in [6.07, 6.45) is -4.59. The zero-order valence-corrected chi connectivity index (χ0v) is 10.8. The maximum Gasteiger partial charge on any atom is 0.433 e. The molecule has 0 radical (unpaired) electrons. The van der Waals surface area contributed by atoms with E-state index in [1.165, 1.54) is 12.1 Å². The second-order valence-electron chi connectivity index (χ2n) is 4.18. The van der Waals surface area contributed by atoms with Gasteiger partial charge in [0.15, 0.2) is 0 Å². The first-order valence-electron chi connectivity index (χ1n) is 5.75. The molecule has 0 bridgehead atoms. The molecular formula is C14H8F3NOS. The van der Waals surface area contributed by atoms with Crippen LogP contribution in [0.15, 0.2) is 53.3 Å². The highest BCUT2D eigenvalue weighted by Crippen LogP contribution is 2.41. The third kappa shape index (κ3) is 2.02. The summed E-state index contributed by atoms with van der Waals surface area (Å²) in [5.74, 6) is 0. The van der Waals surface area contributed by atoms with Crippen molar-refractivity contribution in [3.8, 4) is 10.4 Å². The van der Waals surface area contributed by atoms with Crippen molar-refractivity contribution in [1.29, 1.82) is 0 Å². The molecule has 3 rings (SSSR count). The van der Waals surface area contributed by atoms with Crippen LogP contribution in [-0.2, 0) is 6.18 Å². The predicted molar refractivity (Wildman–Crippen MR) is 72.0 cm³/mol. The van der Waals surface area contributed by atoms with Crippen LogP contribution in [0.4, 0.5) is 13.2 Å². The number of aromatic nitrogens is 1. The molecule has 0 unspecified atom stereocenters. The van der Waals surface area contributed by atoms with Crippen LogP contribution in [0.1, 0.15) is 5.69 Å². The maximum absolute atomic E-state index is 13.3. The Balaban J connectivity index is 2.44. The number of alkyl halides is 3. The van der Waals surface area contributed by atoms with Crippen LogP contribution in [-0.4, -0.2) is 4.40 Å². The van der Waals surface area contributed by atoms with E-state index in [9.17, 15) is 18.0 Å².